The summed E-state index contributed by atoms with van der Waals surface area (Å²) < 4.78 is 2.10. The van der Waals surface area contributed by atoms with E-state index in [2.05, 4.69) is 42.1 Å². The van der Waals surface area contributed by atoms with Crippen LogP contribution in [0.3, 0.4) is 0 Å². The fourth-order valence-electron chi connectivity index (χ4n) is 2.11. The molecule has 2 unspecified atom stereocenters. The van der Waals surface area contributed by atoms with Gasteiger partial charge in [0.15, 0.2) is 0 Å². The van der Waals surface area contributed by atoms with Crippen molar-refractivity contribution in [3.63, 3.8) is 0 Å². The van der Waals surface area contributed by atoms with Gasteiger partial charge >= 0.3 is 0 Å². The van der Waals surface area contributed by atoms with Crippen LogP contribution in [0.25, 0.3) is 0 Å². The minimum Gasteiger partial charge on any atom is -0.315 e. The maximum Gasteiger partial charge on any atom is 0.0669 e. The van der Waals surface area contributed by atoms with Crippen molar-refractivity contribution in [3.05, 3.63) is 18.0 Å². The van der Waals surface area contributed by atoms with Gasteiger partial charge in [-0.1, -0.05) is 20.3 Å². The van der Waals surface area contributed by atoms with Crippen LogP contribution >= 0.6 is 0 Å². The Morgan fingerprint density at radius 3 is 2.60 bits per heavy atom. The van der Waals surface area contributed by atoms with E-state index in [-0.39, 0.29) is 0 Å². The molecule has 0 saturated carbocycles. The average molecular weight is 209 g/mol. The molecule has 1 rings (SSSR count). The number of hydrogen-bond donors (Lipinski definition) is 1. The Bertz CT molecular complexity index is 280. The Labute approximate surface area is 92.9 Å². The van der Waals surface area contributed by atoms with Crippen LogP contribution in [0.4, 0.5) is 0 Å². The van der Waals surface area contributed by atoms with E-state index >= 15 is 0 Å². The highest BCUT2D eigenvalue weighted by Crippen LogP contribution is 2.19. The second kappa shape index (κ2) is 5.91. The average Bonchev–Trinajstić information content (AvgIpc) is 2.64. The highest BCUT2D eigenvalue weighted by Gasteiger charge is 2.19. The van der Waals surface area contributed by atoms with Gasteiger partial charge < -0.3 is 5.32 Å². The molecule has 1 heterocycles. The van der Waals surface area contributed by atoms with Gasteiger partial charge in [-0.25, -0.2) is 0 Å². The standard InChI is InChI=1S/C12H23N3/c1-5-7-11(13-4)12(6-2)15-9-10(3)8-14-15/h8-9,11-13H,5-7H2,1-4H3. The van der Waals surface area contributed by atoms with Crippen molar-refractivity contribution in [1.29, 1.82) is 0 Å². The topological polar surface area (TPSA) is 29.9 Å². The highest BCUT2D eigenvalue weighted by atomic mass is 15.3. The van der Waals surface area contributed by atoms with Crippen LogP contribution in [0.5, 0.6) is 0 Å². The van der Waals surface area contributed by atoms with E-state index < -0.39 is 0 Å². The molecule has 1 N–H and O–H groups in total. The lowest BCUT2D eigenvalue weighted by molar-refractivity contribution is 0.314. The van der Waals surface area contributed by atoms with Gasteiger partial charge in [0.25, 0.3) is 0 Å². The largest absolute Gasteiger partial charge is 0.315 e. The molecule has 0 aromatic carbocycles. The van der Waals surface area contributed by atoms with E-state index in [1.807, 2.05) is 13.2 Å². The second-order valence-electron chi connectivity index (χ2n) is 4.16. The predicted molar refractivity (Wildman–Crippen MR) is 64.0 cm³/mol. The van der Waals surface area contributed by atoms with Crippen LogP contribution in [0, 0.1) is 6.92 Å². The molecule has 3 nitrogen and oxygen atoms in total. The number of rotatable bonds is 6. The lowest BCUT2D eigenvalue weighted by Gasteiger charge is -2.26. The summed E-state index contributed by atoms with van der Waals surface area (Å²) in [5.74, 6) is 0. The van der Waals surface area contributed by atoms with E-state index in [0.717, 1.165) is 6.42 Å². The third-order valence-electron chi connectivity index (χ3n) is 2.92. The van der Waals surface area contributed by atoms with E-state index in [1.54, 1.807) is 0 Å². The van der Waals surface area contributed by atoms with Crippen LogP contribution in [-0.4, -0.2) is 22.9 Å². The molecule has 86 valence electrons. The summed E-state index contributed by atoms with van der Waals surface area (Å²) in [6.07, 6.45) is 7.60. The van der Waals surface area contributed by atoms with Gasteiger partial charge in [0.2, 0.25) is 0 Å². The van der Waals surface area contributed by atoms with Gasteiger partial charge in [-0.15, -0.1) is 0 Å². The monoisotopic (exact) mass is 209 g/mol. The summed E-state index contributed by atoms with van der Waals surface area (Å²) >= 11 is 0. The molecule has 1 aromatic heterocycles. The van der Waals surface area contributed by atoms with Gasteiger partial charge in [-0.05, 0) is 32.4 Å². The van der Waals surface area contributed by atoms with Crippen LogP contribution in [0.15, 0.2) is 12.4 Å². The van der Waals surface area contributed by atoms with Crippen molar-refractivity contribution in [3.8, 4) is 0 Å². The van der Waals surface area contributed by atoms with E-state index in [4.69, 9.17) is 0 Å². The zero-order valence-electron chi connectivity index (χ0n) is 10.3. The first-order valence-corrected chi connectivity index (χ1v) is 5.90. The first-order valence-electron chi connectivity index (χ1n) is 5.90. The summed E-state index contributed by atoms with van der Waals surface area (Å²) in [5, 5.41) is 7.82. The highest BCUT2D eigenvalue weighted by molar-refractivity contribution is 5.01. The SMILES string of the molecule is CCCC(NC)C(CC)n1cc(C)cn1. The fraction of sp³-hybridized carbons (Fsp3) is 0.750. The van der Waals surface area contributed by atoms with Gasteiger partial charge in [0, 0.05) is 12.2 Å². The smallest absolute Gasteiger partial charge is 0.0669 e. The summed E-state index contributed by atoms with van der Waals surface area (Å²) in [4.78, 5) is 0. The van der Waals surface area contributed by atoms with Crippen molar-refractivity contribution in [2.24, 2.45) is 0 Å². The quantitative estimate of drug-likeness (QED) is 0.780. The van der Waals surface area contributed by atoms with Gasteiger partial charge in [-0.3, -0.25) is 4.68 Å². The van der Waals surface area contributed by atoms with Crippen LogP contribution < -0.4 is 5.32 Å². The van der Waals surface area contributed by atoms with Gasteiger partial charge in [0.1, 0.15) is 0 Å². The number of nitrogens with one attached hydrogen (secondary N) is 1. The van der Waals surface area contributed by atoms with E-state index in [9.17, 15) is 0 Å². The maximum atomic E-state index is 4.41. The van der Waals surface area contributed by atoms with Crippen LogP contribution in [0.1, 0.15) is 44.7 Å². The fourth-order valence-corrected chi connectivity index (χ4v) is 2.11. The molecule has 0 aliphatic carbocycles. The molecule has 3 heteroatoms. The summed E-state index contributed by atoms with van der Waals surface area (Å²) in [5.41, 5.74) is 1.24. The Kier molecular flexibility index (Phi) is 4.82. The molecule has 15 heavy (non-hydrogen) atoms. The summed E-state index contributed by atoms with van der Waals surface area (Å²) in [7, 11) is 2.04. The van der Waals surface area contributed by atoms with Crippen molar-refractivity contribution in [2.75, 3.05) is 7.05 Å². The number of hydrogen-bond acceptors (Lipinski definition) is 2. The Morgan fingerprint density at radius 1 is 1.47 bits per heavy atom. The lowest BCUT2D eigenvalue weighted by atomic mass is 10.0. The molecule has 1 aromatic rings. The Balaban J connectivity index is 2.76. The minimum atomic E-state index is 0.476. The van der Waals surface area contributed by atoms with Gasteiger partial charge in [0.05, 0.1) is 12.2 Å². The molecule has 0 radical (unpaired) electrons. The second-order valence-corrected chi connectivity index (χ2v) is 4.16. The zero-order chi connectivity index (χ0) is 11.3. The van der Waals surface area contributed by atoms with E-state index in [0.29, 0.717) is 12.1 Å². The molecule has 0 aliphatic rings. The van der Waals surface area contributed by atoms with E-state index in [1.165, 1.54) is 18.4 Å². The molecule has 0 fully saturated rings. The maximum absolute atomic E-state index is 4.41. The molecule has 0 aliphatic heterocycles. The molecular weight excluding hydrogens is 186 g/mol. The number of aryl methyl sites for hydroxylation is 1. The van der Waals surface area contributed by atoms with Crippen molar-refractivity contribution in [1.82, 2.24) is 15.1 Å². The Morgan fingerprint density at radius 2 is 2.20 bits per heavy atom. The lowest BCUT2D eigenvalue weighted by Crippen LogP contribution is -2.35. The third kappa shape index (κ3) is 3.06. The predicted octanol–water partition coefficient (Wildman–Crippen LogP) is 2.53. The van der Waals surface area contributed by atoms with Crippen molar-refractivity contribution < 1.29 is 0 Å². The molecular formula is C12H23N3. The zero-order valence-corrected chi connectivity index (χ0v) is 10.3. The third-order valence-corrected chi connectivity index (χ3v) is 2.92. The number of likely N-dealkylation sites (N-methyl/N-ethyl adjacent to an activating group) is 1. The van der Waals surface area contributed by atoms with Gasteiger partial charge in [-0.2, -0.15) is 5.10 Å². The first-order chi connectivity index (χ1) is 7.22. The van der Waals surface area contributed by atoms with Crippen LogP contribution in [-0.2, 0) is 0 Å². The summed E-state index contributed by atoms with van der Waals surface area (Å²) in [6, 6.07) is 1.00. The number of nitrogens with zero attached hydrogens (tertiary/aromatic N) is 2. The van der Waals surface area contributed by atoms with Crippen molar-refractivity contribution >= 4 is 0 Å². The first kappa shape index (κ1) is 12.2. The van der Waals surface area contributed by atoms with Crippen molar-refractivity contribution in [2.45, 2.75) is 52.1 Å². The molecule has 0 saturated heterocycles. The summed E-state index contributed by atoms with van der Waals surface area (Å²) in [6.45, 7) is 6.54. The molecule has 2 atom stereocenters. The normalized spacial score (nSPS) is 15.2. The number of aromatic nitrogens is 2. The Hall–Kier alpha value is -0.830. The molecule has 0 bridgehead atoms. The minimum absolute atomic E-state index is 0.476. The van der Waals surface area contributed by atoms with Crippen LogP contribution in [0.2, 0.25) is 0 Å². The molecule has 0 amide bonds. The molecule has 0 spiro atoms.